The first kappa shape index (κ1) is 15.7. The molecular formula is C14H26BrN3. The quantitative estimate of drug-likeness (QED) is 0.449. The van der Waals surface area contributed by atoms with Gasteiger partial charge in [0.1, 0.15) is 0 Å². The van der Waals surface area contributed by atoms with Crippen molar-refractivity contribution >= 4 is 15.9 Å². The minimum Gasteiger partial charge on any atom is -0.252 e. The Balaban J connectivity index is 1.96. The van der Waals surface area contributed by atoms with Crippen LogP contribution in [0.2, 0.25) is 0 Å². The number of unbranched alkanes of at least 4 members (excludes halogenated alkanes) is 7. The van der Waals surface area contributed by atoms with Gasteiger partial charge in [0, 0.05) is 24.5 Å². The Morgan fingerprint density at radius 1 is 1.06 bits per heavy atom. The summed E-state index contributed by atoms with van der Waals surface area (Å²) in [6.45, 7) is 3.28. The maximum Gasteiger partial charge on any atom is 0.0835 e. The Morgan fingerprint density at radius 2 is 1.72 bits per heavy atom. The van der Waals surface area contributed by atoms with E-state index in [4.69, 9.17) is 0 Å². The van der Waals surface area contributed by atoms with Gasteiger partial charge in [0.15, 0.2) is 0 Å². The Labute approximate surface area is 119 Å². The van der Waals surface area contributed by atoms with E-state index in [2.05, 4.69) is 39.4 Å². The van der Waals surface area contributed by atoms with Crippen molar-refractivity contribution in [2.45, 2.75) is 71.3 Å². The van der Waals surface area contributed by atoms with Gasteiger partial charge >= 0.3 is 0 Å². The summed E-state index contributed by atoms with van der Waals surface area (Å²) in [5.74, 6) is 0. The van der Waals surface area contributed by atoms with Gasteiger partial charge in [0.2, 0.25) is 0 Å². The zero-order valence-corrected chi connectivity index (χ0v) is 13.2. The minimum absolute atomic E-state index is 0.962. The van der Waals surface area contributed by atoms with Crippen LogP contribution in [-0.4, -0.2) is 20.3 Å². The van der Waals surface area contributed by atoms with Crippen molar-refractivity contribution < 1.29 is 0 Å². The predicted molar refractivity (Wildman–Crippen MR) is 80.1 cm³/mol. The Bertz CT molecular complexity index is 299. The number of alkyl halides is 1. The van der Waals surface area contributed by atoms with Crippen molar-refractivity contribution in [3.8, 4) is 0 Å². The minimum atomic E-state index is 0.962. The van der Waals surface area contributed by atoms with E-state index in [0.717, 1.165) is 24.0 Å². The van der Waals surface area contributed by atoms with Crippen molar-refractivity contribution in [1.82, 2.24) is 15.0 Å². The van der Waals surface area contributed by atoms with E-state index in [0.29, 0.717) is 0 Å². The van der Waals surface area contributed by atoms with Crippen LogP contribution in [0.5, 0.6) is 0 Å². The van der Waals surface area contributed by atoms with Crippen LogP contribution >= 0.6 is 15.9 Å². The van der Waals surface area contributed by atoms with Crippen LogP contribution in [-0.2, 0) is 13.0 Å². The van der Waals surface area contributed by atoms with Crippen LogP contribution in [0.1, 0.15) is 64.0 Å². The molecule has 3 nitrogen and oxygen atoms in total. The SMILES string of the molecule is CCCCCCCCCCn1cc(CCBr)nn1. The van der Waals surface area contributed by atoms with Crippen LogP contribution in [0, 0.1) is 0 Å². The average Bonchev–Trinajstić information content (AvgIpc) is 2.81. The highest BCUT2D eigenvalue weighted by Crippen LogP contribution is 2.09. The number of aromatic nitrogens is 3. The van der Waals surface area contributed by atoms with Gasteiger partial charge in [0.05, 0.1) is 5.69 Å². The van der Waals surface area contributed by atoms with Gasteiger partial charge in [-0.3, -0.25) is 4.68 Å². The number of aryl methyl sites for hydroxylation is 2. The maximum atomic E-state index is 4.14. The Kier molecular flexibility index (Phi) is 9.17. The number of hydrogen-bond donors (Lipinski definition) is 0. The first-order valence-electron chi connectivity index (χ1n) is 7.31. The third kappa shape index (κ3) is 7.14. The molecule has 0 amide bonds. The van der Waals surface area contributed by atoms with Crippen LogP contribution in [0.3, 0.4) is 0 Å². The van der Waals surface area contributed by atoms with E-state index in [1.807, 2.05) is 4.68 Å². The van der Waals surface area contributed by atoms with Crippen molar-refractivity contribution in [3.63, 3.8) is 0 Å². The molecular weight excluding hydrogens is 290 g/mol. The summed E-state index contributed by atoms with van der Waals surface area (Å²) in [5.41, 5.74) is 1.09. The summed E-state index contributed by atoms with van der Waals surface area (Å²) in [6, 6.07) is 0. The summed E-state index contributed by atoms with van der Waals surface area (Å²) < 4.78 is 1.98. The fraction of sp³-hybridized carbons (Fsp3) is 0.857. The number of rotatable bonds is 11. The number of halogens is 1. The van der Waals surface area contributed by atoms with E-state index < -0.39 is 0 Å². The molecule has 1 rings (SSSR count). The largest absolute Gasteiger partial charge is 0.252 e. The van der Waals surface area contributed by atoms with Gasteiger partial charge in [-0.15, -0.1) is 5.10 Å². The number of nitrogens with zero attached hydrogens (tertiary/aromatic N) is 3. The summed E-state index contributed by atoms with van der Waals surface area (Å²) in [5, 5.41) is 9.24. The van der Waals surface area contributed by atoms with Gasteiger partial charge in [0.25, 0.3) is 0 Å². The second kappa shape index (κ2) is 10.5. The van der Waals surface area contributed by atoms with Crippen LogP contribution in [0.15, 0.2) is 6.20 Å². The normalized spacial score (nSPS) is 11.0. The standard InChI is InChI=1S/C14H26BrN3/c1-2-3-4-5-6-7-8-9-12-18-13-14(10-11-15)16-17-18/h13H,2-12H2,1H3. The van der Waals surface area contributed by atoms with Gasteiger partial charge in [-0.05, 0) is 6.42 Å². The number of hydrogen-bond acceptors (Lipinski definition) is 2. The molecule has 0 saturated carbocycles. The van der Waals surface area contributed by atoms with Crippen molar-refractivity contribution in [1.29, 1.82) is 0 Å². The van der Waals surface area contributed by atoms with E-state index in [1.165, 1.54) is 51.4 Å². The molecule has 0 fully saturated rings. The van der Waals surface area contributed by atoms with E-state index >= 15 is 0 Å². The molecule has 0 spiro atoms. The molecule has 0 radical (unpaired) electrons. The third-order valence-electron chi connectivity index (χ3n) is 3.18. The monoisotopic (exact) mass is 315 g/mol. The molecule has 0 saturated heterocycles. The van der Waals surface area contributed by atoms with Crippen LogP contribution in [0.25, 0.3) is 0 Å². The lowest BCUT2D eigenvalue weighted by atomic mass is 10.1. The van der Waals surface area contributed by atoms with Crippen LogP contribution < -0.4 is 0 Å². The zero-order valence-electron chi connectivity index (χ0n) is 11.6. The van der Waals surface area contributed by atoms with Crippen molar-refractivity contribution in [2.24, 2.45) is 0 Å². The molecule has 1 aromatic heterocycles. The molecule has 0 aromatic carbocycles. The molecule has 104 valence electrons. The van der Waals surface area contributed by atoms with Crippen LogP contribution in [0.4, 0.5) is 0 Å². The highest BCUT2D eigenvalue weighted by Gasteiger charge is 1.99. The molecule has 0 aliphatic heterocycles. The molecule has 1 heterocycles. The van der Waals surface area contributed by atoms with Gasteiger partial charge in [-0.1, -0.05) is 73.0 Å². The highest BCUT2D eigenvalue weighted by molar-refractivity contribution is 9.09. The van der Waals surface area contributed by atoms with E-state index in [1.54, 1.807) is 0 Å². The molecule has 0 unspecified atom stereocenters. The summed E-state index contributed by atoms with van der Waals surface area (Å²) >= 11 is 3.42. The molecule has 18 heavy (non-hydrogen) atoms. The van der Waals surface area contributed by atoms with Gasteiger partial charge in [-0.2, -0.15) is 0 Å². The molecule has 0 atom stereocenters. The maximum absolute atomic E-state index is 4.14. The fourth-order valence-electron chi connectivity index (χ4n) is 2.07. The van der Waals surface area contributed by atoms with E-state index in [-0.39, 0.29) is 0 Å². The molecule has 0 aliphatic carbocycles. The summed E-state index contributed by atoms with van der Waals surface area (Å²) in [6.07, 6.45) is 13.9. The smallest absolute Gasteiger partial charge is 0.0835 e. The molecule has 0 aliphatic rings. The second-order valence-corrected chi connectivity index (χ2v) is 5.68. The topological polar surface area (TPSA) is 30.7 Å². The average molecular weight is 316 g/mol. The molecule has 4 heteroatoms. The van der Waals surface area contributed by atoms with E-state index in [9.17, 15) is 0 Å². The first-order valence-corrected chi connectivity index (χ1v) is 8.44. The second-order valence-electron chi connectivity index (χ2n) is 4.89. The molecule has 0 bridgehead atoms. The summed E-state index contributed by atoms with van der Waals surface area (Å²) in [7, 11) is 0. The fourth-order valence-corrected chi connectivity index (χ4v) is 2.47. The van der Waals surface area contributed by atoms with Gasteiger partial charge in [-0.25, -0.2) is 0 Å². The molecule has 1 aromatic rings. The highest BCUT2D eigenvalue weighted by atomic mass is 79.9. The Hall–Kier alpha value is -0.380. The van der Waals surface area contributed by atoms with Gasteiger partial charge < -0.3 is 0 Å². The van der Waals surface area contributed by atoms with Crippen molar-refractivity contribution in [3.05, 3.63) is 11.9 Å². The third-order valence-corrected chi connectivity index (χ3v) is 3.57. The zero-order chi connectivity index (χ0) is 13.1. The molecule has 0 N–H and O–H groups in total. The Morgan fingerprint density at radius 3 is 2.39 bits per heavy atom. The predicted octanol–water partition coefficient (Wildman–Crippen LogP) is 4.36. The first-order chi connectivity index (χ1) is 8.86. The van der Waals surface area contributed by atoms with Crippen molar-refractivity contribution in [2.75, 3.05) is 5.33 Å². The summed E-state index contributed by atoms with van der Waals surface area (Å²) in [4.78, 5) is 0. The lowest BCUT2D eigenvalue weighted by molar-refractivity contribution is 0.511. The lowest BCUT2D eigenvalue weighted by Gasteiger charge is -2.01. The lowest BCUT2D eigenvalue weighted by Crippen LogP contribution is -1.98.